The van der Waals surface area contributed by atoms with Gasteiger partial charge in [-0.25, -0.2) is 9.82 Å². The summed E-state index contributed by atoms with van der Waals surface area (Å²) in [4.78, 5) is 36.3. The van der Waals surface area contributed by atoms with Gasteiger partial charge in [0.1, 0.15) is 5.82 Å². The molecule has 11 heteroatoms. The van der Waals surface area contributed by atoms with Crippen molar-refractivity contribution < 1.29 is 28.2 Å². The van der Waals surface area contributed by atoms with Crippen molar-refractivity contribution in [1.29, 1.82) is 0 Å². The fourth-order valence-electron chi connectivity index (χ4n) is 3.00. The van der Waals surface area contributed by atoms with Gasteiger partial charge in [-0.1, -0.05) is 24.3 Å². The molecule has 0 bridgehead atoms. The molecule has 0 unspecified atom stereocenters. The maximum absolute atomic E-state index is 13.7. The van der Waals surface area contributed by atoms with Crippen LogP contribution >= 0.6 is 15.9 Å². The van der Waals surface area contributed by atoms with Crippen LogP contribution in [-0.2, 0) is 9.59 Å². The lowest BCUT2D eigenvalue weighted by molar-refractivity contribution is -0.120. The molecule has 0 aliphatic heterocycles. The van der Waals surface area contributed by atoms with Crippen LogP contribution in [0.1, 0.15) is 22.8 Å². The van der Waals surface area contributed by atoms with Crippen LogP contribution in [-0.4, -0.2) is 43.7 Å². The number of ether oxygens (including phenoxy) is 2. The van der Waals surface area contributed by atoms with Crippen molar-refractivity contribution in [2.45, 2.75) is 6.92 Å². The van der Waals surface area contributed by atoms with Crippen molar-refractivity contribution in [3.8, 4) is 11.5 Å². The van der Waals surface area contributed by atoms with Crippen LogP contribution in [0, 0.1) is 5.82 Å². The lowest BCUT2D eigenvalue weighted by atomic mass is 10.2. The monoisotopic (exact) mass is 570 g/mol. The summed E-state index contributed by atoms with van der Waals surface area (Å²) >= 11 is 3.29. The fourth-order valence-corrected chi connectivity index (χ4v) is 3.47. The lowest BCUT2D eigenvalue weighted by Gasteiger charge is -2.13. The van der Waals surface area contributed by atoms with Crippen LogP contribution < -0.4 is 25.5 Å². The van der Waals surface area contributed by atoms with Crippen molar-refractivity contribution in [3.63, 3.8) is 0 Å². The number of para-hydroxylation sites is 1. The van der Waals surface area contributed by atoms with Crippen LogP contribution in [0.4, 0.5) is 10.1 Å². The van der Waals surface area contributed by atoms with E-state index in [1.165, 1.54) is 24.4 Å². The zero-order valence-corrected chi connectivity index (χ0v) is 21.4. The van der Waals surface area contributed by atoms with Gasteiger partial charge in [0.25, 0.3) is 17.7 Å². The molecule has 3 rings (SSSR count). The summed E-state index contributed by atoms with van der Waals surface area (Å²) in [6.07, 6.45) is 1.39. The zero-order chi connectivity index (χ0) is 26.6. The molecule has 0 spiro atoms. The van der Waals surface area contributed by atoms with Crippen molar-refractivity contribution >= 4 is 45.6 Å². The molecule has 0 radical (unpaired) electrons. The minimum Gasteiger partial charge on any atom is -0.490 e. The Labute approximate surface area is 221 Å². The quantitative estimate of drug-likeness (QED) is 0.239. The van der Waals surface area contributed by atoms with E-state index in [-0.39, 0.29) is 18.8 Å². The van der Waals surface area contributed by atoms with Crippen molar-refractivity contribution in [3.05, 3.63) is 88.1 Å². The summed E-state index contributed by atoms with van der Waals surface area (Å²) in [6.45, 7) is 1.51. The summed E-state index contributed by atoms with van der Waals surface area (Å²) in [5.41, 5.74) is 3.39. The van der Waals surface area contributed by atoms with E-state index in [0.29, 0.717) is 33.7 Å². The van der Waals surface area contributed by atoms with Crippen LogP contribution in [0.3, 0.4) is 0 Å². The summed E-state index contributed by atoms with van der Waals surface area (Å²) in [6, 6.07) is 17.5. The number of hydrogen-bond donors (Lipinski definition) is 3. The number of nitrogens with one attached hydrogen (secondary N) is 3. The minimum absolute atomic E-state index is 0.0576. The molecule has 3 aromatic rings. The van der Waals surface area contributed by atoms with Gasteiger partial charge >= 0.3 is 0 Å². The Kier molecular flexibility index (Phi) is 10.1. The average Bonchev–Trinajstić information content (AvgIpc) is 2.88. The molecule has 0 aliphatic carbocycles. The summed E-state index contributed by atoms with van der Waals surface area (Å²) in [5, 5.41) is 8.85. The highest BCUT2D eigenvalue weighted by Crippen LogP contribution is 2.28. The van der Waals surface area contributed by atoms with E-state index in [1.54, 1.807) is 55.5 Å². The highest BCUT2D eigenvalue weighted by atomic mass is 79.9. The van der Waals surface area contributed by atoms with Gasteiger partial charge in [0, 0.05) is 4.47 Å². The molecule has 37 heavy (non-hydrogen) atoms. The van der Waals surface area contributed by atoms with Gasteiger partial charge in [-0.2, -0.15) is 5.10 Å². The highest BCUT2D eigenvalue weighted by molar-refractivity contribution is 9.10. The van der Waals surface area contributed by atoms with Gasteiger partial charge in [0.15, 0.2) is 18.1 Å². The molecular formula is C26H24BrFN4O5. The Balaban J connectivity index is 1.52. The molecule has 3 aromatic carbocycles. The second-order valence-electron chi connectivity index (χ2n) is 7.41. The molecule has 0 saturated carbocycles. The molecule has 3 amide bonds. The maximum atomic E-state index is 13.7. The highest BCUT2D eigenvalue weighted by Gasteiger charge is 2.12. The van der Waals surface area contributed by atoms with E-state index in [1.807, 2.05) is 0 Å². The van der Waals surface area contributed by atoms with Gasteiger partial charge < -0.3 is 20.1 Å². The maximum Gasteiger partial charge on any atom is 0.262 e. The van der Waals surface area contributed by atoms with Crippen LogP contribution in [0.2, 0.25) is 0 Å². The number of rotatable bonds is 11. The Bertz CT molecular complexity index is 1300. The van der Waals surface area contributed by atoms with E-state index in [0.717, 1.165) is 0 Å². The molecule has 3 N–H and O–H groups in total. The number of amides is 3. The van der Waals surface area contributed by atoms with E-state index in [4.69, 9.17) is 9.47 Å². The van der Waals surface area contributed by atoms with Crippen molar-refractivity contribution in [2.75, 3.05) is 25.1 Å². The fraction of sp³-hybridized carbons (Fsp3) is 0.154. The number of carbonyl (C=O) groups is 3. The Hall–Kier alpha value is -4.25. The van der Waals surface area contributed by atoms with Crippen LogP contribution in [0.5, 0.6) is 11.5 Å². The predicted molar refractivity (Wildman–Crippen MR) is 140 cm³/mol. The van der Waals surface area contributed by atoms with Crippen molar-refractivity contribution in [1.82, 2.24) is 10.7 Å². The molecule has 0 aromatic heterocycles. The third-order valence-electron chi connectivity index (χ3n) is 4.71. The number of nitrogens with zero attached hydrogens (tertiary/aromatic N) is 1. The first-order chi connectivity index (χ1) is 17.9. The molecule has 0 heterocycles. The van der Waals surface area contributed by atoms with Gasteiger partial charge in [-0.05, 0) is 70.9 Å². The third kappa shape index (κ3) is 8.43. The number of halogens is 2. The zero-order valence-electron chi connectivity index (χ0n) is 19.8. The van der Waals surface area contributed by atoms with Gasteiger partial charge in [0.05, 0.1) is 30.6 Å². The Morgan fingerprint density at radius 1 is 0.973 bits per heavy atom. The van der Waals surface area contributed by atoms with E-state index in [9.17, 15) is 18.8 Å². The number of benzene rings is 3. The SMILES string of the molecule is CCOc1cc(C=NNC(=O)CNC(=O)c2ccccc2Br)ccc1OCC(=O)Nc1ccccc1F. The molecule has 0 fully saturated rings. The number of carbonyl (C=O) groups excluding carboxylic acids is 3. The number of hydrogen-bond acceptors (Lipinski definition) is 6. The van der Waals surface area contributed by atoms with Gasteiger partial charge in [-0.15, -0.1) is 0 Å². The standard InChI is InChI=1S/C26H24BrFN4O5/c1-2-36-23-13-17(11-12-22(23)37-16-25(34)31-21-10-6-5-9-20(21)28)14-30-32-24(33)15-29-26(35)18-7-3-4-8-19(18)27/h3-14H,2,15-16H2,1H3,(H,29,35)(H,31,34)(H,32,33). The summed E-state index contributed by atoms with van der Waals surface area (Å²) < 4.78 is 25.4. The van der Waals surface area contributed by atoms with Crippen LogP contribution in [0.25, 0.3) is 0 Å². The minimum atomic E-state index is -0.548. The smallest absolute Gasteiger partial charge is 0.262 e. The average molecular weight is 571 g/mol. The number of anilines is 1. The Morgan fingerprint density at radius 2 is 1.73 bits per heavy atom. The third-order valence-corrected chi connectivity index (χ3v) is 5.40. The van der Waals surface area contributed by atoms with E-state index < -0.39 is 23.5 Å². The first kappa shape index (κ1) is 27.3. The Morgan fingerprint density at radius 3 is 2.49 bits per heavy atom. The topological polar surface area (TPSA) is 118 Å². The lowest BCUT2D eigenvalue weighted by Crippen LogP contribution is -2.35. The summed E-state index contributed by atoms with van der Waals surface area (Å²) in [5.74, 6) is -1.33. The van der Waals surface area contributed by atoms with Gasteiger partial charge in [-0.3, -0.25) is 14.4 Å². The normalized spacial score (nSPS) is 10.6. The first-order valence-corrected chi connectivity index (χ1v) is 11.9. The molecular weight excluding hydrogens is 547 g/mol. The largest absolute Gasteiger partial charge is 0.490 e. The number of hydrazone groups is 1. The molecule has 9 nitrogen and oxygen atoms in total. The van der Waals surface area contributed by atoms with E-state index in [2.05, 4.69) is 37.1 Å². The van der Waals surface area contributed by atoms with E-state index >= 15 is 0 Å². The van der Waals surface area contributed by atoms with Crippen LogP contribution in [0.15, 0.2) is 76.3 Å². The summed E-state index contributed by atoms with van der Waals surface area (Å²) in [7, 11) is 0. The molecule has 0 aliphatic rings. The second kappa shape index (κ2) is 13.7. The molecule has 0 saturated heterocycles. The second-order valence-corrected chi connectivity index (χ2v) is 8.27. The van der Waals surface area contributed by atoms with Gasteiger partial charge in [0.2, 0.25) is 0 Å². The first-order valence-electron chi connectivity index (χ1n) is 11.2. The molecule has 0 atom stereocenters. The van der Waals surface area contributed by atoms with Crippen molar-refractivity contribution in [2.24, 2.45) is 5.10 Å². The predicted octanol–water partition coefficient (Wildman–Crippen LogP) is 3.88. The molecule has 192 valence electrons.